The molecule has 0 aliphatic carbocycles. The summed E-state index contributed by atoms with van der Waals surface area (Å²) in [5.74, 6) is 1.29. The fourth-order valence-corrected chi connectivity index (χ4v) is 3.77. The van der Waals surface area contributed by atoms with Gasteiger partial charge in [0.05, 0.1) is 13.2 Å². The minimum Gasteiger partial charge on any atom is -0.490 e. The van der Waals surface area contributed by atoms with Gasteiger partial charge in [0.1, 0.15) is 6.04 Å². The van der Waals surface area contributed by atoms with Gasteiger partial charge in [0.25, 0.3) is 0 Å². The highest BCUT2D eigenvalue weighted by atomic mass is 16.5. The van der Waals surface area contributed by atoms with Crippen LogP contribution >= 0.6 is 0 Å². The maximum Gasteiger partial charge on any atom is 0.243 e. The first-order valence-electron chi connectivity index (χ1n) is 10.6. The van der Waals surface area contributed by atoms with Crippen LogP contribution in [0.3, 0.4) is 0 Å². The van der Waals surface area contributed by atoms with E-state index in [1.165, 1.54) is 0 Å². The zero-order chi connectivity index (χ0) is 21.5. The number of ether oxygens (including phenoxy) is 2. The second-order valence-electron chi connectivity index (χ2n) is 7.15. The lowest BCUT2D eigenvalue weighted by molar-refractivity contribution is -0.126. The van der Waals surface area contributed by atoms with Crippen LogP contribution in [0.15, 0.2) is 42.5 Å². The Kier molecular flexibility index (Phi) is 7.33. The summed E-state index contributed by atoms with van der Waals surface area (Å²) in [6.45, 7) is 7.31. The first-order chi connectivity index (χ1) is 14.6. The Morgan fingerprint density at radius 2 is 1.77 bits per heavy atom. The van der Waals surface area contributed by atoms with Crippen LogP contribution in [0.2, 0.25) is 0 Å². The number of nitrogens with one attached hydrogen (secondary N) is 1. The molecule has 2 amide bonds. The Morgan fingerprint density at radius 1 is 1.03 bits per heavy atom. The van der Waals surface area contributed by atoms with Crippen molar-refractivity contribution >= 4 is 17.5 Å². The van der Waals surface area contributed by atoms with Crippen molar-refractivity contribution < 1.29 is 19.1 Å². The molecular formula is C24H30N2O4. The smallest absolute Gasteiger partial charge is 0.243 e. The molecule has 0 radical (unpaired) electrons. The number of amides is 2. The number of hydrogen-bond donors (Lipinski definition) is 1. The van der Waals surface area contributed by atoms with Gasteiger partial charge in [0, 0.05) is 25.1 Å². The summed E-state index contributed by atoms with van der Waals surface area (Å²) in [6, 6.07) is 13.1. The maximum absolute atomic E-state index is 12.9. The third-order valence-corrected chi connectivity index (χ3v) is 5.17. The molecule has 6 heteroatoms. The van der Waals surface area contributed by atoms with Gasteiger partial charge in [0.15, 0.2) is 11.5 Å². The lowest BCUT2D eigenvalue weighted by Gasteiger charge is -2.24. The van der Waals surface area contributed by atoms with E-state index in [1.807, 2.05) is 63.2 Å². The Labute approximate surface area is 178 Å². The quantitative estimate of drug-likeness (QED) is 0.687. The van der Waals surface area contributed by atoms with Crippen molar-refractivity contribution in [2.24, 2.45) is 0 Å². The normalized spacial score (nSPS) is 14.9. The minimum atomic E-state index is -0.492. The number of hydrogen-bond acceptors (Lipinski definition) is 4. The van der Waals surface area contributed by atoms with E-state index in [0.29, 0.717) is 44.8 Å². The molecule has 1 N–H and O–H groups in total. The van der Waals surface area contributed by atoms with E-state index in [4.69, 9.17) is 9.47 Å². The number of carbonyl (C=O) groups excluding carboxylic acids is 2. The van der Waals surface area contributed by atoms with Crippen molar-refractivity contribution in [3.8, 4) is 11.5 Å². The molecule has 3 rings (SSSR count). The average Bonchev–Trinajstić information content (AvgIpc) is 3.15. The zero-order valence-electron chi connectivity index (χ0n) is 17.9. The van der Waals surface area contributed by atoms with Crippen molar-refractivity contribution in [1.82, 2.24) is 5.32 Å². The number of benzene rings is 2. The predicted octanol–water partition coefficient (Wildman–Crippen LogP) is 3.51. The Bertz CT molecular complexity index is 897. The largest absolute Gasteiger partial charge is 0.490 e. The number of rotatable bonds is 9. The van der Waals surface area contributed by atoms with Gasteiger partial charge in [-0.3, -0.25) is 14.5 Å². The Balaban J connectivity index is 1.63. The summed E-state index contributed by atoms with van der Waals surface area (Å²) in [5, 5.41) is 3.00. The van der Waals surface area contributed by atoms with Crippen LogP contribution in [-0.4, -0.2) is 37.6 Å². The number of fused-ring (bicyclic) bond motifs is 1. The zero-order valence-corrected chi connectivity index (χ0v) is 17.9. The molecule has 2 aromatic carbocycles. The van der Waals surface area contributed by atoms with Crippen molar-refractivity contribution in [3.05, 3.63) is 53.6 Å². The van der Waals surface area contributed by atoms with Crippen LogP contribution in [0.5, 0.6) is 11.5 Å². The number of anilines is 1. The maximum atomic E-state index is 12.9. The van der Waals surface area contributed by atoms with E-state index in [1.54, 1.807) is 4.90 Å². The van der Waals surface area contributed by atoms with Gasteiger partial charge in [-0.05, 0) is 49.6 Å². The van der Waals surface area contributed by atoms with Gasteiger partial charge in [-0.2, -0.15) is 0 Å². The highest BCUT2D eigenvalue weighted by Crippen LogP contribution is 2.33. The molecule has 6 nitrogen and oxygen atoms in total. The molecule has 1 heterocycles. The highest BCUT2D eigenvalue weighted by Gasteiger charge is 2.37. The molecule has 30 heavy (non-hydrogen) atoms. The third-order valence-electron chi connectivity index (χ3n) is 5.17. The van der Waals surface area contributed by atoms with E-state index >= 15 is 0 Å². The number of nitrogens with zero attached hydrogens (tertiary/aromatic N) is 1. The highest BCUT2D eigenvalue weighted by molar-refractivity contribution is 6.03. The van der Waals surface area contributed by atoms with E-state index in [2.05, 4.69) is 5.32 Å². The first-order valence-corrected chi connectivity index (χ1v) is 10.6. The molecule has 0 saturated heterocycles. The van der Waals surface area contributed by atoms with Crippen LogP contribution in [0.1, 0.15) is 38.3 Å². The topological polar surface area (TPSA) is 67.9 Å². The van der Waals surface area contributed by atoms with E-state index in [9.17, 15) is 9.59 Å². The van der Waals surface area contributed by atoms with Crippen molar-refractivity contribution in [2.45, 2.75) is 46.1 Å². The van der Waals surface area contributed by atoms with E-state index < -0.39 is 6.04 Å². The monoisotopic (exact) mass is 410 g/mol. The van der Waals surface area contributed by atoms with Gasteiger partial charge in [0.2, 0.25) is 11.8 Å². The van der Waals surface area contributed by atoms with Gasteiger partial charge >= 0.3 is 0 Å². The van der Waals surface area contributed by atoms with E-state index in [0.717, 1.165) is 22.6 Å². The molecule has 1 unspecified atom stereocenters. The second kappa shape index (κ2) is 10.1. The summed E-state index contributed by atoms with van der Waals surface area (Å²) in [6.07, 6.45) is 1.58. The molecule has 0 aromatic heterocycles. The molecule has 160 valence electrons. The molecule has 2 aromatic rings. The molecule has 0 bridgehead atoms. The van der Waals surface area contributed by atoms with Crippen molar-refractivity contribution in [1.29, 1.82) is 0 Å². The van der Waals surface area contributed by atoms with Crippen LogP contribution in [0.25, 0.3) is 0 Å². The second-order valence-corrected chi connectivity index (χ2v) is 7.15. The van der Waals surface area contributed by atoms with Crippen molar-refractivity contribution in [2.75, 3.05) is 24.7 Å². The summed E-state index contributed by atoms with van der Waals surface area (Å²) in [5.41, 5.74) is 2.93. The summed E-state index contributed by atoms with van der Waals surface area (Å²) in [7, 11) is 0. The van der Waals surface area contributed by atoms with Crippen LogP contribution < -0.4 is 19.7 Å². The molecule has 0 fully saturated rings. The van der Waals surface area contributed by atoms with Gasteiger partial charge in [-0.15, -0.1) is 0 Å². The summed E-state index contributed by atoms with van der Waals surface area (Å²) < 4.78 is 11.3. The summed E-state index contributed by atoms with van der Waals surface area (Å²) >= 11 is 0. The minimum absolute atomic E-state index is 0.0343. The van der Waals surface area contributed by atoms with Gasteiger partial charge < -0.3 is 14.8 Å². The molecule has 1 aliphatic heterocycles. The third kappa shape index (κ3) is 4.75. The first kappa shape index (κ1) is 21.7. The fraction of sp³-hybridized carbons (Fsp3) is 0.417. The van der Waals surface area contributed by atoms with Gasteiger partial charge in [-0.25, -0.2) is 0 Å². The molecule has 1 atom stereocenters. The summed E-state index contributed by atoms with van der Waals surface area (Å²) in [4.78, 5) is 27.0. The predicted molar refractivity (Wildman–Crippen MR) is 117 cm³/mol. The lowest BCUT2D eigenvalue weighted by Crippen LogP contribution is -2.48. The Hall–Kier alpha value is -3.02. The molecule has 0 saturated carbocycles. The van der Waals surface area contributed by atoms with E-state index in [-0.39, 0.29) is 11.8 Å². The van der Waals surface area contributed by atoms with Crippen LogP contribution in [0.4, 0.5) is 5.69 Å². The lowest BCUT2D eigenvalue weighted by atomic mass is 10.1. The molecule has 1 aliphatic rings. The fourth-order valence-electron chi connectivity index (χ4n) is 3.77. The molecule has 0 spiro atoms. The van der Waals surface area contributed by atoms with Crippen molar-refractivity contribution in [3.63, 3.8) is 0 Å². The van der Waals surface area contributed by atoms with Crippen LogP contribution in [0, 0.1) is 0 Å². The average molecular weight is 411 g/mol. The van der Waals surface area contributed by atoms with Gasteiger partial charge in [-0.1, -0.05) is 31.2 Å². The Morgan fingerprint density at radius 3 is 2.50 bits per heavy atom. The standard InChI is InChI=1S/C24H30N2O4/c1-4-23(27)26-19-10-8-7-9-18(19)16-20(26)24(28)25-14-13-17-11-12-21(29-5-2)22(15-17)30-6-3/h7-12,15,20H,4-6,13-14,16H2,1-3H3,(H,25,28). The van der Waals surface area contributed by atoms with Crippen LogP contribution in [-0.2, 0) is 22.4 Å². The SMILES string of the molecule is CCOc1ccc(CCNC(=O)C2Cc3ccccc3N2C(=O)CC)cc1OCC. The molecular weight excluding hydrogens is 380 g/mol. The number of carbonyl (C=O) groups is 2. The number of para-hydroxylation sites is 1.